The maximum absolute atomic E-state index is 13.3. The molecule has 3 aliphatic rings. The summed E-state index contributed by atoms with van der Waals surface area (Å²) < 4.78 is 5.50. The number of rotatable bonds is 4. The molecule has 33 heavy (non-hydrogen) atoms. The number of carbonyl (C=O) groups is 2. The highest BCUT2D eigenvalue weighted by Crippen LogP contribution is 2.44. The molecule has 1 aromatic rings. The largest absolute Gasteiger partial charge is 0.444 e. The molecular formula is C27H41N3O3. The van der Waals surface area contributed by atoms with E-state index in [4.69, 9.17) is 4.74 Å². The molecule has 2 heterocycles. The predicted molar refractivity (Wildman–Crippen MR) is 130 cm³/mol. The van der Waals surface area contributed by atoms with Crippen molar-refractivity contribution in [1.29, 1.82) is 0 Å². The van der Waals surface area contributed by atoms with Gasteiger partial charge in [-0.15, -0.1) is 0 Å². The zero-order valence-electron chi connectivity index (χ0n) is 20.7. The number of carbonyl (C=O) groups excluding carboxylic acids is 2. The molecule has 1 aliphatic carbocycles. The highest BCUT2D eigenvalue weighted by molar-refractivity contribution is 5.86. The molecule has 1 amide bonds. The van der Waals surface area contributed by atoms with E-state index >= 15 is 0 Å². The molecule has 0 aromatic heterocycles. The third kappa shape index (κ3) is 6.36. The van der Waals surface area contributed by atoms with Crippen LogP contribution in [-0.4, -0.2) is 78.0 Å². The zero-order chi connectivity index (χ0) is 23.5. The quantitative estimate of drug-likeness (QED) is 0.681. The fourth-order valence-electron chi connectivity index (χ4n) is 5.67. The number of amides is 1. The Morgan fingerprint density at radius 2 is 1.64 bits per heavy atom. The number of benzene rings is 1. The lowest BCUT2D eigenvalue weighted by Crippen LogP contribution is -2.52. The second kappa shape index (κ2) is 10.1. The van der Waals surface area contributed by atoms with Crippen molar-refractivity contribution in [2.75, 3.05) is 45.8 Å². The summed E-state index contributed by atoms with van der Waals surface area (Å²) in [7, 11) is 0. The number of nitrogens with zero attached hydrogens (tertiary/aromatic N) is 3. The summed E-state index contributed by atoms with van der Waals surface area (Å²) >= 11 is 0. The normalized spacial score (nSPS) is 24.8. The first kappa shape index (κ1) is 24.2. The summed E-state index contributed by atoms with van der Waals surface area (Å²) in [4.78, 5) is 32.3. The van der Waals surface area contributed by atoms with Crippen molar-refractivity contribution >= 4 is 11.9 Å². The van der Waals surface area contributed by atoms with Crippen LogP contribution in [0.2, 0.25) is 0 Å². The van der Waals surface area contributed by atoms with E-state index in [1.807, 2.05) is 25.7 Å². The van der Waals surface area contributed by atoms with Crippen molar-refractivity contribution in [3.63, 3.8) is 0 Å². The molecule has 4 rings (SSSR count). The second-order valence-corrected chi connectivity index (χ2v) is 11.3. The number of ketones is 1. The number of piperazine rings is 1. The molecule has 0 radical (unpaired) electrons. The molecule has 0 bridgehead atoms. The third-order valence-electron chi connectivity index (χ3n) is 7.70. The first-order chi connectivity index (χ1) is 15.7. The van der Waals surface area contributed by atoms with Gasteiger partial charge in [-0.25, -0.2) is 4.79 Å². The molecule has 1 saturated carbocycles. The Morgan fingerprint density at radius 1 is 0.970 bits per heavy atom. The molecule has 0 N–H and O–H groups in total. The Hall–Kier alpha value is -1.92. The number of hydrogen-bond acceptors (Lipinski definition) is 5. The smallest absolute Gasteiger partial charge is 0.410 e. The number of hydrogen-bond donors (Lipinski definition) is 0. The monoisotopic (exact) mass is 455 g/mol. The van der Waals surface area contributed by atoms with Crippen LogP contribution in [0.5, 0.6) is 0 Å². The number of likely N-dealkylation sites (tertiary alicyclic amines) is 1. The van der Waals surface area contributed by atoms with Crippen LogP contribution in [-0.2, 0) is 16.1 Å². The fraction of sp³-hybridized carbons (Fsp3) is 0.704. The van der Waals surface area contributed by atoms with Gasteiger partial charge in [-0.1, -0.05) is 30.3 Å². The van der Waals surface area contributed by atoms with Crippen LogP contribution >= 0.6 is 0 Å². The Labute approximate surface area is 199 Å². The van der Waals surface area contributed by atoms with Crippen molar-refractivity contribution in [2.24, 2.45) is 11.3 Å². The van der Waals surface area contributed by atoms with Gasteiger partial charge in [0.1, 0.15) is 11.4 Å². The highest BCUT2D eigenvalue weighted by Gasteiger charge is 2.44. The molecule has 2 saturated heterocycles. The predicted octanol–water partition coefficient (Wildman–Crippen LogP) is 4.19. The van der Waals surface area contributed by atoms with Gasteiger partial charge in [0.25, 0.3) is 0 Å². The SMILES string of the molecule is CC(C)(C)OC(=O)N1CCN(CC2CCC3(CCN(Cc4ccccc4)CC3)C(=O)C2)CC1. The Kier molecular flexibility index (Phi) is 7.44. The molecule has 6 heteroatoms. The van der Waals surface area contributed by atoms with Gasteiger partial charge < -0.3 is 9.64 Å². The Morgan fingerprint density at radius 3 is 2.24 bits per heavy atom. The van der Waals surface area contributed by atoms with E-state index in [2.05, 4.69) is 40.1 Å². The molecule has 1 spiro atoms. The number of ether oxygens (including phenoxy) is 1. The zero-order valence-corrected chi connectivity index (χ0v) is 20.7. The average Bonchev–Trinajstić information content (AvgIpc) is 2.78. The molecule has 182 valence electrons. The Bertz CT molecular complexity index is 804. The molecule has 1 atom stereocenters. The number of Topliss-reactive ketones (excluding diaryl/α,β-unsaturated/α-hetero) is 1. The highest BCUT2D eigenvalue weighted by atomic mass is 16.6. The van der Waals surface area contributed by atoms with Gasteiger partial charge in [0, 0.05) is 51.1 Å². The summed E-state index contributed by atoms with van der Waals surface area (Å²) in [6.45, 7) is 12.9. The van der Waals surface area contributed by atoms with Crippen LogP contribution < -0.4 is 0 Å². The fourth-order valence-corrected chi connectivity index (χ4v) is 5.67. The van der Waals surface area contributed by atoms with Gasteiger partial charge in [-0.05, 0) is 71.0 Å². The van der Waals surface area contributed by atoms with Gasteiger partial charge >= 0.3 is 6.09 Å². The van der Waals surface area contributed by atoms with E-state index in [0.717, 1.165) is 71.4 Å². The van der Waals surface area contributed by atoms with Gasteiger partial charge in [0.2, 0.25) is 0 Å². The van der Waals surface area contributed by atoms with Gasteiger partial charge in [-0.3, -0.25) is 14.6 Å². The van der Waals surface area contributed by atoms with Gasteiger partial charge in [0.05, 0.1) is 0 Å². The van der Waals surface area contributed by atoms with E-state index in [-0.39, 0.29) is 11.5 Å². The molecule has 1 unspecified atom stereocenters. The van der Waals surface area contributed by atoms with Gasteiger partial charge in [0.15, 0.2) is 0 Å². The second-order valence-electron chi connectivity index (χ2n) is 11.3. The summed E-state index contributed by atoms with van der Waals surface area (Å²) in [5.74, 6) is 0.962. The minimum atomic E-state index is -0.454. The van der Waals surface area contributed by atoms with Crippen LogP contribution in [0.25, 0.3) is 0 Å². The first-order valence-electron chi connectivity index (χ1n) is 12.7. The third-order valence-corrected chi connectivity index (χ3v) is 7.70. The van der Waals surface area contributed by atoms with Crippen molar-refractivity contribution in [3.05, 3.63) is 35.9 Å². The maximum Gasteiger partial charge on any atom is 0.410 e. The first-order valence-corrected chi connectivity index (χ1v) is 12.7. The average molecular weight is 456 g/mol. The molecule has 6 nitrogen and oxygen atoms in total. The van der Waals surface area contributed by atoms with Crippen LogP contribution in [0.1, 0.15) is 58.4 Å². The van der Waals surface area contributed by atoms with Gasteiger partial charge in [-0.2, -0.15) is 0 Å². The van der Waals surface area contributed by atoms with E-state index < -0.39 is 5.60 Å². The van der Waals surface area contributed by atoms with E-state index in [9.17, 15) is 9.59 Å². The van der Waals surface area contributed by atoms with Crippen molar-refractivity contribution in [3.8, 4) is 0 Å². The standard InChI is InChI=1S/C27H41N3O3/c1-26(2,3)33-25(32)30-17-15-29(16-18-30)21-23-9-10-27(24(31)19-23)11-13-28(14-12-27)20-22-7-5-4-6-8-22/h4-8,23H,9-21H2,1-3H3. The van der Waals surface area contributed by atoms with E-state index in [0.29, 0.717) is 24.8 Å². The minimum Gasteiger partial charge on any atom is -0.444 e. The Balaban J connectivity index is 1.20. The maximum atomic E-state index is 13.3. The molecular weight excluding hydrogens is 414 g/mol. The van der Waals surface area contributed by atoms with Crippen molar-refractivity contribution in [1.82, 2.24) is 14.7 Å². The van der Waals surface area contributed by atoms with E-state index in [1.165, 1.54) is 5.56 Å². The lowest BCUT2D eigenvalue weighted by molar-refractivity contribution is -0.136. The lowest BCUT2D eigenvalue weighted by Gasteiger charge is -2.45. The van der Waals surface area contributed by atoms with Crippen LogP contribution in [0.3, 0.4) is 0 Å². The molecule has 2 aliphatic heterocycles. The summed E-state index contributed by atoms with van der Waals surface area (Å²) in [6, 6.07) is 10.6. The van der Waals surface area contributed by atoms with Crippen molar-refractivity contribution < 1.29 is 14.3 Å². The van der Waals surface area contributed by atoms with Crippen LogP contribution in [0.15, 0.2) is 30.3 Å². The summed E-state index contributed by atoms with van der Waals surface area (Å²) in [5, 5.41) is 0. The lowest BCUT2D eigenvalue weighted by atomic mass is 9.64. The van der Waals surface area contributed by atoms with Crippen molar-refractivity contribution in [2.45, 2.75) is 65.0 Å². The number of piperidine rings is 1. The van der Waals surface area contributed by atoms with Crippen LogP contribution in [0.4, 0.5) is 4.79 Å². The van der Waals surface area contributed by atoms with E-state index in [1.54, 1.807) is 0 Å². The summed E-state index contributed by atoms with van der Waals surface area (Å²) in [6.07, 6.45) is 4.74. The summed E-state index contributed by atoms with van der Waals surface area (Å²) in [5.41, 5.74) is 0.832. The topological polar surface area (TPSA) is 53.1 Å². The minimum absolute atomic E-state index is 0.0703. The molecule has 3 fully saturated rings. The van der Waals surface area contributed by atoms with Crippen LogP contribution in [0, 0.1) is 11.3 Å². The molecule has 1 aromatic carbocycles.